The molecular weight excluding hydrogens is 162 g/mol. The monoisotopic (exact) mass is 175 g/mol. The average molecular weight is 175 g/mol. The second-order valence-electron chi connectivity index (χ2n) is 3.24. The first-order chi connectivity index (χ1) is 6.29. The van der Waals surface area contributed by atoms with Crippen LogP contribution in [0.5, 0.6) is 0 Å². The quantitative estimate of drug-likeness (QED) is 0.746. The molecular formula is C10H13N3. The predicted molar refractivity (Wildman–Crippen MR) is 52.7 cm³/mol. The van der Waals surface area contributed by atoms with Crippen molar-refractivity contribution in [1.82, 2.24) is 14.9 Å². The lowest BCUT2D eigenvalue weighted by molar-refractivity contribution is 0.769. The third-order valence-corrected chi connectivity index (χ3v) is 2.02. The highest BCUT2D eigenvalue weighted by molar-refractivity contribution is 5.48. The lowest BCUT2D eigenvalue weighted by Crippen LogP contribution is -2.05. The van der Waals surface area contributed by atoms with E-state index in [4.69, 9.17) is 0 Å². The Labute approximate surface area is 77.4 Å². The summed E-state index contributed by atoms with van der Waals surface area (Å²) in [6.07, 6.45) is 2.04. The molecule has 0 amide bonds. The van der Waals surface area contributed by atoms with Crippen LogP contribution in [-0.2, 0) is 6.54 Å². The minimum Gasteiger partial charge on any atom is -0.314 e. The molecule has 0 spiro atoms. The highest BCUT2D eigenvalue weighted by atomic mass is 15.2. The Morgan fingerprint density at radius 2 is 2.31 bits per heavy atom. The molecule has 2 heterocycles. The number of aromatic nitrogens is 2. The second kappa shape index (κ2) is 3.18. The molecule has 2 aromatic rings. The second-order valence-corrected chi connectivity index (χ2v) is 3.24. The molecule has 0 fully saturated rings. The molecule has 0 atom stereocenters. The van der Waals surface area contributed by atoms with Crippen LogP contribution in [0.1, 0.15) is 11.3 Å². The first kappa shape index (κ1) is 8.26. The Hall–Kier alpha value is -1.35. The van der Waals surface area contributed by atoms with Gasteiger partial charge in [-0.05, 0) is 31.7 Å². The van der Waals surface area contributed by atoms with Gasteiger partial charge in [-0.15, -0.1) is 0 Å². The molecule has 0 unspecified atom stereocenters. The molecule has 13 heavy (non-hydrogen) atoms. The molecule has 0 saturated carbocycles. The fraction of sp³-hybridized carbons (Fsp3) is 0.300. The van der Waals surface area contributed by atoms with Crippen molar-refractivity contribution < 1.29 is 0 Å². The fourth-order valence-electron chi connectivity index (χ4n) is 1.41. The van der Waals surface area contributed by atoms with Crippen LogP contribution in [-0.4, -0.2) is 16.7 Å². The van der Waals surface area contributed by atoms with Gasteiger partial charge in [0, 0.05) is 12.7 Å². The predicted octanol–water partition coefficient (Wildman–Crippen LogP) is 1.36. The molecule has 0 saturated heterocycles. The van der Waals surface area contributed by atoms with Crippen LogP contribution in [0.3, 0.4) is 0 Å². The maximum absolute atomic E-state index is 4.42. The lowest BCUT2D eigenvalue weighted by atomic mass is 10.3. The highest BCUT2D eigenvalue weighted by Gasteiger charge is 1.99. The Bertz CT molecular complexity index is 417. The third kappa shape index (κ3) is 1.55. The summed E-state index contributed by atoms with van der Waals surface area (Å²) in [6.45, 7) is 2.89. The molecule has 3 heteroatoms. The van der Waals surface area contributed by atoms with Gasteiger partial charge in [-0.1, -0.05) is 6.07 Å². The zero-order valence-electron chi connectivity index (χ0n) is 7.91. The van der Waals surface area contributed by atoms with E-state index in [0.717, 1.165) is 17.8 Å². The number of rotatable bonds is 2. The molecule has 2 rings (SSSR count). The maximum Gasteiger partial charge on any atom is 0.0772 e. The van der Waals surface area contributed by atoms with Gasteiger partial charge in [0.15, 0.2) is 0 Å². The molecule has 0 aliphatic rings. The maximum atomic E-state index is 4.42. The molecule has 2 aromatic heterocycles. The molecule has 0 aromatic carbocycles. The van der Waals surface area contributed by atoms with E-state index in [0.29, 0.717) is 0 Å². The minimum absolute atomic E-state index is 0.820. The molecule has 68 valence electrons. The van der Waals surface area contributed by atoms with Gasteiger partial charge in [0.1, 0.15) is 0 Å². The Balaban J connectivity index is 2.49. The topological polar surface area (TPSA) is 29.3 Å². The lowest BCUT2D eigenvalue weighted by Gasteiger charge is -1.93. The molecule has 1 N–H and O–H groups in total. The largest absolute Gasteiger partial charge is 0.314 e. The van der Waals surface area contributed by atoms with Gasteiger partial charge < -0.3 is 5.32 Å². The van der Waals surface area contributed by atoms with E-state index in [1.54, 1.807) is 0 Å². The number of nitrogens with one attached hydrogen (secondary N) is 1. The van der Waals surface area contributed by atoms with Crippen molar-refractivity contribution >= 4 is 5.52 Å². The van der Waals surface area contributed by atoms with Crippen molar-refractivity contribution in [3.63, 3.8) is 0 Å². The van der Waals surface area contributed by atoms with Crippen molar-refractivity contribution in [1.29, 1.82) is 0 Å². The standard InChI is InChI=1S/C10H13N3/c1-8-3-4-10-5-9(6-11-2)12-13(10)7-8/h3-5,7,11H,6H2,1-2H3. The van der Waals surface area contributed by atoms with Crippen molar-refractivity contribution in [3.05, 3.63) is 35.7 Å². The van der Waals surface area contributed by atoms with Crippen LogP contribution in [0.15, 0.2) is 24.4 Å². The Morgan fingerprint density at radius 3 is 3.08 bits per heavy atom. The minimum atomic E-state index is 0.820. The summed E-state index contributed by atoms with van der Waals surface area (Å²) in [4.78, 5) is 0. The van der Waals surface area contributed by atoms with Crippen LogP contribution in [0.25, 0.3) is 5.52 Å². The van der Waals surface area contributed by atoms with Gasteiger partial charge in [-0.2, -0.15) is 5.10 Å². The normalized spacial score (nSPS) is 10.9. The SMILES string of the molecule is CNCc1cc2ccc(C)cn2n1. The number of nitrogens with zero attached hydrogens (tertiary/aromatic N) is 2. The summed E-state index contributed by atoms with van der Waals surface area (Å²) in [7, 11) is 1.93. The van der Waals surface area contributed by atoms with Crippen molar-refractivity contribution in [3.8, 4) is 0 Å². The molecule has 0 radical (unpaired) electrons. The number of fused-ring (bicyclic) bond motifs is 1. The number of pyridine rings is 1. The van der Waals surface area contributed by atoms with E-state index in [1.165, 1.54) is 5.56 Å². The summed E-state index contributed by atoms with van der Waals surface area (Å²) >= 11 is 0. The first-order valence-electron chi connectivity index (χ1n) is 4.39. The third-order valence-electron chi connectivity index (χ3n) is 2.02. The highest BCUT2D eigenvalue weighted by Crippen LogP contribution is 2.07. The molecule has 0 aliphatic heterocycles. The molecule has 3 nitrogen and oxygen atoms in total. The van der Waals surface area contributed by atoms with Gasteiger partial charge >= 0.3 is 0 Å². The van der Waals surface area contributed by atoms with Crippen LogP contribution in [0.4, 0.5) is 0 Å². The van der Waals surface area contributed by atoms with Gasteiger partial charge in [-0.3, -0.25) is 0 Å². The van der Waals surface area contributed by atoms with Crippen molar-refractivity contribution in [2.75, 3.05) is 7.05 Å². The number of hydrogen-bond acceptors (Lipinski definition) is 2. The van der Waals surface area contributed by atoms with E-state index in [-0.39, 0.29) is 0 Å². The fourth-order valence-corrected chi connectivity index (χ4v) is 1.41. The first-order valence-corrected chi connectivity index (χ1v) is 4.39. The number of aryl methyl sites for hydroxylation is 1. The van der Waals surface area contributed by atoms with Crippen LogP contribution in [0.2, 0.25) is 0 Å². The van der Waals surface area contributed by atoms with E-state index >= 15 is 0 Å². The molecule has 0 bridgehead atoms. The van der Waals surface area contributed by atoms with E-state index in [2.05, 4.69) is 35.5 Å². The Kier molecular flexibility index (Phi) is 2.02. The van der Waals surface area contributed by atoms with Gasteiger partial charge in [0.25, 0.3) is 0 Å². The zero-order valence-corrected chi connectivity index (χ0v) is 7.91. The number of hydrogen-bond donors (Lipinski definition) is 1. The van der Waals surface area contributed by atoms with Crippen molar-refractivity contribution in [2.24, 2.45) is 0 Å². The average Bonchev–Trinajstić information content (AvgIpc) is 2.46. The van der Waals surface area contributed by atoms with Crippen LogP contribution < -0.4 is 5.32 Å². The smallest absolute Gasteiger partial charge is 0.0772 e. The summed E-state index contributed by atoms with van der Waals surface area (Å²) in [5.41, 5.74) is 3.45. The zero-order chi connectivity index (χ0) is 9.26. The van der Waals surface area contributed by atoms with Gasteiger partial charge in [-0.25, -0.2) is 4.52 Å². The van der Waals surface area contributed by atoms with Crippen LogP contribution in [0, 0.1) is 6.92 Å². The van der Waals surface area contributed by atoms with Gasteiger partial charge in [0.05, 0.1) is 11.2 Å². The summed E-state index contributed by atoms with van der Waals surface area (Å²) in [5, 5.41) is 7.50. The van der Waals surface area contributed by atoms with E-state index in [9.17, 15) is 0 Å². The molecule has 0 aliphatic carbocycles. The van der Waals surface area contributed by atoms with Crippen LogP contribution >= 0.6 is 0 Å². The summed E-state index contributed by atoms with van der Waals surface area (Å²) < 4.78 is 1.92. The Morgan fingerprint density at radius 1 is 1.46 bits per heavy atom. The van der Waals surface area contributed by atoms with Gasteiger partial charge in [0.2, 0.25) is 0 Å². The summed E-state index contributed by atoms with van der Waals surface area (Å²) in [5.74, 6) is 0. The van der Waals surface area contributed by atoms with E-state index < -0.39 is 0 Å². The van der Waals surface area contributed by atoms with Crippen molar-refractivity contribution in [2.45, 2.75) is 13.5 Å². The summed E-state index contributed by atoms with van der Waals surface area (Å²) in [6, 6.07) is 6.28. The van der Waals surface area contributed by atoms with E-state index in [1.807, 2.05) is 17.8 Å².